The molecule has 0 amide bonds. The predicted octanol–water partition coefficient (Wildman–Crippen LogP) is 17.9. The molecule has 0 radical (unpaired) electrons. The molecule has 0 fully saturated rings. The highest BCUT2D eigenvalue weighted by atomic mass is 31.2. The highest BCUT2D eigenvalue weighted by Gasteiger charge is 2.35. The van der Waals surface area contributed by atoms with E-state index in [-0.39, 0.29) is 0 Å². The summed E-state index contributed by atoms with van der Waals surface area (Å²) in [6.07, 6.45) is 63.2. The Morgan fingerprint density at radius 3 is 0.447 bits per heavy atom. The van der Waals surface area contributed by atoms with Gasteiger partial charge in [0.15, 0.2) is 0 Å². The van der Waals surface area contributed by atoms with Crippen molar-refractivity contribution in [1.82, 2.24) is 0 Å². The van der Waals surface area contributed by atoms with E-state index in [1.807, 2.05) is 0 Å². The smallest absolute Gasteiger partial charge is 0.0594 e. The molecule has 0 unspecified atom stereocenters. The average Bonchev–Trinajstić information content (AvgIpc) is 3.08. The first-order valence-corrected chi connectivity index (χ1v) is 25.6. The molecule has 0 aromatic rings. The van der Waals surface area contributed by atoms with Crippen molar-refractivity contribution in [1.29, 1.82) is 0 Å². The van der Waals surface area contributed by atoms with E-state index in [1.165, 1.54) is 218 Å². The van der Waals surface area contributed by atoms with Gasteiger partial charge in [0.25, 0.3) is 0 Å². The number of unbranched alkanes of at least 4 members (excludes halogenated alkanes) is 34. The molecule has 1 heteroatoms. The fourth-order valence-electron chi connectivity index (χ4n) is 8.06. The maximum Gasteiger partial charge on any atom is 0.0594 e. The summed E-state index contributed by atoms with van der Waals surface area (Å²) in [5.74, 6) is 0. The molecule has 0 atom stereocenters. The van der Waals surface area contributed by atoms with Gasteiger partial charge < -0.3 is 0 Å². The van der Waals surface area contributed by atoms with Crippen LogP contribution in [-0.2, 0) is 0 Å². The fraction of sp³-hybridized carbons (Fsp3) is 1.00. The van der Waals surface area contributed by atoms with E-state index in [0.717, 1.165) is 0 Å². The summed E-state index contributed by atoms with van der Waals surface area (Å²) in [5.41, 5.74) is 0. The lowest BCUT2D eigenvalue weighted by atomic mass is 10.0. The maximum atomic E-state index is 2.35. The first-order valence-electron chi connectivity index (χ1n) is 23.1. The Bertz CT molecular complexity index is 496. The van der Waals surface area contributed by atoms with Crippen LogP contribution in [0.3, 0.4) is 0 Å². The Morgan fingerprint density at radius 1 is 0.170 bits per heavy atom. The lowest BCUT2D eigenvalue weighted by Crippen LogP contribution is -2.13. The zero-order valence-corrected chi connectivity index (χ0v) is 35.0. The van der Waals surface area contributed by atoms with Crippen molar-refractivity contribution in [3.05, 3.63) is 0 Å². The molecule has 0 aliphatic rings. The van der Waals surface area contributed by atoms with Gasteiger partial charge in [-0.15, -0.1) is 0 Å². The molecule has 0 rings (SSSR count). The standard InChI is InChI=1S/C46H96P/c1-5-9-13-17-21-22-23-24-25-26-27-28-29-30-34-38-42-46-47(43-39-35-31-18-14-10-6-2,44-40-36-32-19-15-11-7-3)45-41-37-33-20-16-12-8-4/h5-46H2,1-4H3/q+1. The average molecular weight is 680 g/mol. The highest BCUT2D eigenvalue weighted by molar-refractivity contribution is 7.75. The molecule has 0 heterocycles. The van der Waals surface area contributed by atoms with Gasteiger partial charge in [0.2, 0.25) is 0 Å². The molecule has 0 nitrogen and oxygen atoms in total. The minimum Gasteiger partial charge on any atom is -0.0654 e. The van der Waals surface area contributed by atoms with Gasteiger partial charge in [-0.2, -0.15) is 0 Å². The molecule has 0 N–H and O–H groups in total. The predicted molar refractivity (Wildman–Crippen MR) is 225 cm³/mol. The van der Waals surface area contributed by atoms with Crippen molar-refractivity contribution >= 4 is 7.26 Å². The molecule has 0 aliphatic heterocycles. The molecule has 284 valence electrons. The van der Waals surface area contributed by atoms with Crippen molar-refractivity contribution in [2.45, 2.75) is 272 Å². The van der Waals surface area contributed by atoms with Gasteiger partial charge in [-0.1, -0.05) is 220 Å². The second-order valence-corrected chi connectivity index (χ2v) is 20.7. The lowest BCUT2D eigenvalue weighted by molar-refractivity contribution is 0.529. The second kappa shape index (κ2) is 40.9. The van der Waals surface area contributed by atoms with Crippen LogP contribution in [0.1, 0.15) is 272 Å². The topological polar surface area (TPSA) is 0 Å². The third kappa shape index (κ3) is 36.0. The molecular weight excluding hydrogens is 583 g/mol. The van der Waals surface area contributed by atoms with Crippen molar-refractivity contribution < 1.29 is 0 Å². The van der Waals surface area contributed by atoms with Crippen LogP contribution in [0.25, 0.3) is 0 Å². The number of hydrogen-bond acceptors (Lipinski definition) is 0. The molecule has 0 aromatic carbocycles. The van der Waals surface area contributed by atoms with Crippen LogP contribution in [0.2, 0.25) is 0 Å². The minimum absolute atomic E-state index is 0.770. The van der Waals surface area contributed by atoms with Gasteiger partial charge >= 0.3 is 0 Å². The molecule has 0 aliphatic carbocycles. The molecule has 0 bridgehead atoms. The van der Waals surface area contributed by atoms with Gasteiger partial charge in [-0.05, 0) is 51.4 Å². The molecule has 0 saturated heterocycles. The van der Waals surface area contributed by atoms with E-state index in [0.29, 0.717) is 0 Å². The summed E-state index contributed by atoms with van der Waals surface area (Å²) in [5, 5.41) is 0. The molecule has 47 heavy (non-hydrogen) atoms. The Morgan fingerprint density at radius 2 is 0.298 bits per heavy atom. The van der Waals surface area contributed by atoms with E-state index in [4.69, 9.17) is 0 Å². The normalized spacial score (nSPS) is 12.0. The molecule has 0 spiro atoms. The van der Waals surface area contributed by atoms with Crippen LogP contribution in [0.15, 0.2) is 0 Å². The van der Waals surface area contributed by atoms with Gasteiger partial charge in [-0.25, -0.2) is 0 Å². The molecule has 0 aromatic heterocycles. The van der Waals surface area contributed by atoms with Crippen molar-refractivity contribution in [3.8, 4) is 0 Å². The first-order chi connectivity index (χ1) is 23.2. The van der Waals surface area contributed by atoms with Crippen LogP contribution < -0.4 is 0 Å². The Labute approximate surface area is 302 Å². The zero-order valence-electron chi connectivity index (χ0n) is 34.1. The summed E-state index contributed by atoms with van der Waals surface area (Å²) in [7, 11) is -0.770. The monoisotopic (exact) mass is 680 g/mol. The Balaban J connectivity index is 4.52. The summed E-state index contributed by atoms with van der Waals surface area (Å²) in [6, 6.07) is 0. The van der Waals surface area contributed by atoms with E-state index >= 15 is 0 Å². The zero-order chi connectivity index (χ0) is 34.2. The summed E-state index contributed by atoms with van der Waals surface area (Å²) < 4.78 is 0. The van der Waals surface area contributed by atoms with Crippen molar-refractivity contribution in [3.63, 3.8) is 0 Å². The number of hydrogen-bond donors (Lipinski definition) is 0. The van der Waals surface area contributed by atoms with Crippen molar-refractivity contribution in [2.75, 3.05) is 24.6 Å². The van der Waals surface area contributed by atoms with E-state index in [2.05, 4.69) is 27.7 Å². The van der Waals surface area contributed by atoms with Crippen LogP contribution >= 0.6 is 7.26 Å². The summed E-state index contributed by atoms with van der Waals surface area (Å²) in [6.45, 7) is 9.38. The van der Waals surface area contributed by atoms with Crippen LogP contribution in [0.4, 0.5) is 0 Å². The molecular formula is C46H96P+. The Kier molecular flexibility index (Phi) is 41.2. The van der Waals surface area contributed by atoms with E-state index < -0.39 is 7.26 Å². The SMILES string of the molecule is CCCCCCCCCCCCCCCCCCC[P+](CCCCCCCCC)(CCCCCCCCC)CCCCCCCCC. The number of rotatable bonds is 42. The van der Waals surface area contributed by atoms with Gasteiger partial charge in [0.1, 0.15) is 0 Å². The largest absolute Gasteiger partial charge is 0.0654 e. The van der Waals surface area contributed by atoms with Crippen LogP contribution in [0, 0.1) is 0 Å². The van der Waals surface area contributed by atoms with E-state index in [9.17, 15) is 0 Å². The first kappa shape index (κ1) is 47.4. The summed E-state index contributed by atoms with van der Waals surface area (Å²) in [4.78, 5) is 0. The fourth-order valence-corrected chi connectivity index (χ4v) is 13.0. The van der Waals surface area contributed by atoms with Gasteiger partial charge in [0.05, 0.1) is 24.6 Å². The van der Waals surface area contributed by atoms with Crippen molar-refractivity contribution in [2.24, 2.45) is 0 Å². The van der Waals surface area contributed by atoms with Crippen LogP contribution in [0.5, 0.6) is 0 Å². The highest BCUT2D eigenvalue weighted by Crippen LogP contribution is 2.61. The third-order valence-electron chi connectivity index (χ3n) is 11.4. The van der Waals surface area contributed by atoms with Gasteiger partial charge in [0, 0.05) is 7.26 Å². The van der Waals surface area contributed by atoms with Crippen LogP contribution in [-0.4, -0.2) is 24.6 Å². The second-order valence-electron chi connectivity index (χ2n) is 16.3. The molecule has 0 saturated carbocycles. The minimum atomic E-state index is -0.770. The quantitative estimate of drug-likeness (QED) is 0.0445. The third-order valence-corrected chi connectivity index (χ3v) is 16.5. The maximum absolute atomic E-state index is 2.35. The van der Waals surface area contributed by atoms with E-state index in [1.54, 1.807) is 50.3 Å². The Hall–Kier alpha value is 0.430. The summed E-state index contributed by atoms with van der Waals surface area (Å²) >= 11 is 0. The van der Waals surface area contributed by atoms with Gasteiger partial charge in [-0.3, -0.25) is 0 Å². The lowest BCUT2D eigenvalue weighted by Gasteiger charge is -2.28.